The van der Waals surface area contributed by atoms with Gasteiger partial charge in [0, 0.05) is 16.9 Å². The van der Waals surface area contributed by atoms with E-state index < -0.39 is 30.7 Å². The van der Waals surface area contributed by atoms with Crippen molar-refractivity contribution in [2.24, 2.45) is 0 Å². The summed E-state index contributed by atoms with van der Waals surface area (Å²) in [5.41, 5.74) is 3.07. The van der Waals surface area contributed by atoms with Crippen LogP contribution in [0.3, 0.4) is 0 Å². The van der Waals surface area contributed by atoms with Crippen LogP contribution in [0.25, 0.3) is 0 Å². The number of benzene rings is 4. The molecule has 40 heavy (non-hydrogen) atoms. The van der Waals surface area contributed by atoms with Crippen LogP contribution in [0.5, 0.6) is 0 Å². The Labute approximate surface area is 240 Å². The fourth-order valence-corrected chi connectivity index (χ4v) is 5.11. The molecule has 0 spiro atoms. The summed E-state index contributed by atoms with van der Waals surface area (Å²) in [6.45, 7) is 1.31. The molecular formula is C33H34O6S. The lowest BCUT2D eigenvalue weighted by molar-refractivity contribution is -0.297. The first-order valence-electron chi connectivity index (χ1n) is 13.4. The van der Waals surface area contributed by atoms with Crippen LogP contribution in [0.15, 0.2) is 126 Å². The third-order valence-electron chi connectivity index (χ3n) is 6.56. The van der Waals surface area contributed by atoms with Crippen LogP contribution in [-0.4, -0.2) is 42.4 Å². The molecule has 1 N–H and O–H groups in total. The minimum atomic E-state index is -1.09. The van der Waals surface area contributed by atoms with Crippen molar-refractivity contribution >= 4 is 12.0 Å². The van der Waals surface area contributed by atoms with Crippen molar-refractivity contribution in [1.82, 2.24) is 0 Å². The van der Waals surface area contributed by atoms with Crippen molar-refractivity contribution in [2.75, 3.05) is 6.61 Å². The van der Waals surface area contributed by atoms with Gasteiger partial charge in [-0.15, -0.1) is 0 Å². The molecule has 4 aromatic rings. The lowest BCUT2D eigenvalue weighted by Crippen LogP contribution is -2.60. The van der Waals surface area contributed by atoms with Crippen LogP contribution < -0.4 is 0 Å². The molecule has 1 saturated heterocycles. The predicted octanol–water partition coefficient (Wildman–Crippen LogP) is 6.18. The smallest absolute Gasteiger partial charge is 0.200 e. The zero-order chi connectivity index (χ0) is 27.4. The van der Waals surface area contributed by atoms with E-state index in [1.54, 1.807) is 0 Å². The van der Waals surface area contributed by atoms with E-state index in [4.69, 9.17) is 23.1 Å². The van der Waals surface area contributed by atoms with Gasteiger partial charge in [-0.2, -0.15) is 0 Å². The number of aliphatic hydroxyl groups is 1. The van der Waals surface area contributed by atoms with Gasteiger partial charge in [0.1, 0.15) is 24.4 Å². The summed E-state index contributed by atoms with van der Waals surface area (Å²) >= 11 is 1.16. The van der Waals surface area contributed by atoms with Gasteiger partial charge in [0.05, 0.1) is 26.4 Å². The second-order valence-electron chi connectivity index (χ2n) is 9.55. The Kier molecular flexibility index (Phi) is 10.8. The molecule has 1 aliphatic heterocycles. The van der Waals surface area contributed by atoms with Crippen LogP contribution in [0, 0.1) is 0 Å². The van der Waals surface area contributed by atoms with Crippen LogP contribution in [0.4, 0.5) is 0 Å². The van der Waals surface area contributed by atoms with E-state index in [0.29, 0.717) is 19.8 Å². The second-order valence-corrected chi connectivity index (χ2v) is 10.4. The third-order valence-corrected chi connectivity index (χ3v) is 7.31. The number of hydrogen-bond donors (Lipinski definition) is 1. The maximum absolute atomic E-state index is 11.5. The first-order valence-corrected chi connectivity index (χ1v) is 14.1. The summed E-state index contributed by atoms with van der Waals surface area (Å²) in [7, 11) is 0. The maximum Gasteiger partial charge on any atom is 0.200 e. The normalized spacial score (nSPS) is 22.7. The van der Waals surface area contributed by atoms with Gasteiger partial charge in [0.2, 0.25) is 0 Å². The van der Waals surface area contributed by atoms with Gasteiger partial charge in [-0.25, -0.2) is 0 Å². The Morgan fingerprint density at radius 3 is 1.62 bits per heavy atom. The highest BCUT2D eigenvalue weighted by Gasteiger charge is 2.48. The highest BCUT2D eigenvalue weighted by Crippen LogP contribution is 2.32. The Morgan fingerprint density at radius 2 is 1.07 bits per heavy atom. The Bertz CT molecular complexity index is 1200. The first kappa shape index (κ1) is 28.5. The Balaban J connectivity index is 1.34. The molecule has 0 aromatic heterocycles. The molecule has 0 radical (unpaired) electrons. The quantitative estimate of drug-likeness (QED) is 0.197. The van der Waals surface area contributed by atoms with E-state index in [0.717, 1.165) is 33.6 Å². The molecule has 0 bridgehead atoms. The van der Waals surface area contributed by atoms with Gasteiger partial charge in [0.25, 0.3) is 0 Å². The number of hydrogen-bond acceptors (Lipinski definition) is 7. The summed E-state index contributed by atoms with van der Waals surface area (Å²) in [4.78, 5) is 0.902. The predicted molar refractivity (Wildman–Crippen MR) is 154 cm³/mol. The lowest BCUT2D eigenvalue weighted by Gasteiger charge is -2.43. The summed E-state index contributed by atoms with van der Waals surface area (Å²) in [5.74, 6) is 0. The van der Waals surface area contributed by atoms with E-state index in [1.807, 2.05) is 121 Å². The molecule has 7 heteroatoms. The van der Waals surface area contributed by atoms with Crippen molar-refractivity contribution in [3.05, 3.63) is 138 Å². The number of rotatable bonds is 13. The molecule has 5 atom stereocenters. The maximum atomic E-state index is 11.5. The SMILES string of the molecule is O[C@@H]1C(OSc2ccccc2)O[C@H](COCc2ccccc2)[C@@H](OCc2ccccc2)[C@@H]1OCc1ccccc1. The number of ether oxygens (including phenoxy) is 4. The minimum absolute atomic E-state index is 0.238. The Morgan fingerprint density at radius 1 is 0.600 bits per heavy atom. The summed E-state index contributed by atoms with van der Waals surface area (Å²) in [6, 6.07) is 39.5. The van der Waals surface area contributed by atoms with Crippen molar-refractivity contribution in [2.45, 2.75) is 55.4 Å². The van der Waals surface area contributed by atoms with Crippen molar-refractivity contribution in [3.8, 4) is 0 Å². The molecule has 6 nitrogen and oxygen atoms in total. The fraction of sp³-hybridized carbons (Fsp3) is 0.273. The molecule has 0 aliphatic carbocycles. The molecule has 4 aromatic carbocycles. The zero-order valence-corrected chi connectivity index (χ0v) is 23.0. The summed E-state index contributed by atoms with van der Waals surface area (Å²) in [5, 5.41) is 11.5. The van der Waals surface area contributed by atoms with E-state index >= 15 is 0 Å². The molecule has 208 valence electrons. The second kappa shape index (κ2) is 15.1. The first-order chi connectivity index (χ1) is 19.8. The van der Waals surface area contributed by atoms with Gasteiger partial charge in [0.15, 0.2) is 6.29 Å². The van der Waals surface area contributed by atoms with Crippen molar-refractivity contribution in [1.29, 1.82) is 0 Å². The van der Waals surface area contributed by atoms with Crippen LogP contribution >= 0.6 is 12.0 Å². The van der Waals surface area contributed by atoms with E-state index in [2.05, 4.69) is 0 Å². The molecule has 1 fully saturated rings. The third kappa shape index (κ3) is 8.25. The fourth-order valence-electron chi connectivity index (χ4n) is 4.48. The summed E-state index contributed by atoms with van der Waals surface area (Å²) < 4.78 is 31.2. The minimum Gasteiger partial charge on any atom is -0.385 e. The van der Waals surface area contributed by atoms with Crippen LogP contribution in [-0.2, 0) is 43.0 Å². The van der Waals surface area contributed by atoms with Gasteiger partial charge in [-0.05, 0) is 28.8 Å². The van der Waals surface area contributed by atoms with Gasteiger partial charge >= 0.3 is 0 Å². The molecule has 0 saturated carbocycles. The van der Waals surface area contributed by atoms with Crippen molar-refractivity contribution in [3.63, 3.8) is 0 Å². The summed E-state index contributed by atoms with van der Waals surface area (Å²) in [6.07, 6.45) is -3.91. The molecule has 0 amide bonds. The Hall–Kier alpha value is -3.01. The topological polar surface area (TPSA) is 66.4 Å². The highest BCUT2D eigenvalue weighted by molar-refractivity contribution is 7.94. The highest BCUT2D eigenvalue weighted by atomic mass is 32.2. The zero-order valence-electron chi connectivity index (χ0n) is 22.2. The van der Waals surface area contributed by atoms with Crippen LogP contribution in [0.2, 0.25) is 0 Å². The average Bonchev–Trinajstić information content (AvgIpc) is 3.01. The van der Waals surface area contributed by atoms with Crippen molar-refractivity contribution < 1.29 is 28.2 Å². The largest absolute Gasteiger partial charge is 0.385 e. The standard InChI is InChI=1S/C33H34O6S/c34-30-32(37-23-27-17-9-3-10-18-27)31(36-22-26-15-7-2-8-16-26)29(24-35-21-25-13-5-1-6-14-25)38-33(30)39-40-28-19-11-4-12-20-28/h1-20,29-34H,21-24H2/t29-,30+,31-,32-,33?/m1/s1. The lowest BCUT2D eigenvalue weighted by atomic mass is 9.98. The van der Waals surface area contributed by atoms with Crippen LogP contribution in [0.1, 0.15) is 16.7 Å². The van der Waals surface area contributed by atoms with Gasteiger partial charge in [-0.1, -0.05) is 109 Å². The average molecular weight is 559 g/mol. The van der Waals surface area contributed by atoms with Gasteiger partial charge in [-0.3, -0.25) is 4.18 Å². The van der Waals surface area contributed by atoms with E-state index in [9.17, 15) is 5.11 Å². The molecule has 1 aliphatic rings. The molecule has 1 heterocycles. The molecule has 5 rings (SSSR count). The van der Waals surface area contributed by atoms with Gasteiger partial charge < -0.3 is 24.1 Å². The number of aliphatic hydroxyl groups excluding tert-OH is 1. The molecular weight excluding hydrogens is 524 g/mol. The van der Waals surface area contributed by atoms with E-state index in [1.165, 1.54) is 0 Å². The monoisotopic (exact) mass is 558 g/mol. The molecule has 1 unspecified atom stereocenters. The van der Waals surface area contributed by atoms with E-state index in [-0.39, 0.29) is 6.61 Å².